The fourth-order valence-corrected chi connectivity index (χ4v) is 6.00. The van der Waals surface area contributed by atoms with Crippen LogP contribution in [0.1, 0.15) is 151 Å². The van der Waals surface area contributed by atoms with Crippen molar-refractivity contribution in [2.45, 2.75) is 166 Å². The van der Waals surface area contributed by atoms with Crippen LogP contribution >= 0.6 is 0 Å². The molecule has 6 aromatic heterocycles. The van der Waals surface area contributed by atoms with E-state index in [1.807, 2.05) is 437 Å². The van der Waals surface area contributed by atoms with Crippen LogP contribution in [0.4, 0.5) is 0 Å². The molecule has 0 spiro atoms. The molecule has 0 aliphatic rings. The molecule has 0 atom stereocenters. The van der Waals surface area contributed by atoms with Crippen molar-refractivity contribution in [1.82, 2.24) is 29.9 Å². The third kappa shape index (κ3) is 121. The van der Waals surface area contributed by atoms with Gasteiger partial charge in [-0.3, -0.25) is 29.9 Å². The molecule has 6 heterocycles. The molecule has 6 aromatic carbocycles. The van der Waals surface area contributed by atoms with Gasteiger partial charge in [0.15, 0.2) is 0 Å². The van der Waals surface area contributed by atoms with E-state index in [0.717, 1.165) is 34.2 Å². The Kier molecular flexibility index (Phi) is 170. The maximum absolute atomic E-state index is 4.08. The predicted octanol–water partition coefficient (Wildman–Crippen LogP) is 29.2. The van der Waals surface area contributed by atoms with Gasteiger partial charge in [-0.2, -0.15) is 0 Å². The zero-order chi connectivity index (χ0) is 73.4. The number of hydrogen-bond donors (Lipinski definition) is 0. The zero-order valence-electron chi connectivity index (χ0n) is 72.5. The van der Waals surface area contributed by atoms with Gasteiger partial charge in [0.05, 0.1) is 0 Å². The Morgan fingerprint density at radius 1 is 0.148 bits per heavy atom. The van der Waals surface area contributed by atoms with Crippen molar-refractivity contribution in [3.05, 3.63) is 440 Å². The fourth-order valence-electron chi connectivity index (χ4n) is 6.00. The smallest absolute Gasteiger partial charge is 0.0375 e. The second-order valence-electron chi connectivity index (χ2n) is 18.8. The summed E-state index contributed by atoms with van der Waals surface area (Å²) in [4.78, 5) is 24.4. The molecule has 0 saturated heterocycles. The van der Waals surface area contributed by atoms with Crippen LogP contribution in [0.25, 0.3) is 0 Å². The van der Waals surface area contributed by atoms with Gasteiger partial charge < -0.3 is 44.6 Å². The Morgan fingerprint density at radius 3 is 0.333 bits per heavy atom. The maximum Gasteiger partial charge on any atom is 0.0375 e. The largest absolute Gasteiger partial charge is 0.358 e. The van der Waals surface area contributed by atoms with E-state index in [4.69, 9.17) is 0 Å². The van der Waals surface area contributed by atoms with Gasteiger partial charge in [-0.1, -0.05) is 320 Å². The Morgan fingerprint density at radius 2 is 0.269 bits per heavy atom. The first-order valence-electron chi connectivity index (χ1n) is 34.1. The molecule has 594 valence electrons. The minimum atomic E-state index is 0. The number of aryl methyl sites for hydroxylation is 12. The van der Waals surface area contributed by atoms with E-state index in [2.05, 4.69) is 87.1 Å². The summed E-state index contributed by atoms with van der Waals surface area (Å²) in [5.41, 5.74) is 14.0. The van der Waals surface area contributed by atoms with E-state index in [1.54, 1.807) is 0 Å². The van der Waals surface area contributed by atoms with Gasteiger partial charge >= 0.3 is 0 Å². The molecule has 108 heavy (non-hydrogen) atoms. The molecule has 6 radical (unpaired) electrons. The van der Waals surface area contributed by atoms with Crippen molar-refractivity contribution in [3.8, 4) is 0 Å². The third-order valence-corrected chi connectivity index (χ3v) is 10.3. The first-order chi connectivity index (χ1) is 46.7. The molecule has 0 aliphatic carbocycles. The second-order valence-corrected chi connectivity index (χ2v) is 18.8. The number of aromatic nitrogens is 6. The van der Waals surface area contributed by atoms with E-state index < -0.39 is 0 Å². The number of nitrogens with zero attached hydrogens (tertiary/aromatic N) is 6. The van der Waals surface area contributed by atoms with Gasteiger partial charge in [-0.25, -0.2) is 0 Å². The minimum absolute atomic E-state index is 0. The maximum atomic E-state index is 4.08. The van der Waals surface area contributed by atoms with Crippen LogP contribution in [0.3, 0.4) is 0 Å². The monoisotopic (exact) mass is 1690 g/mol. The number of hydrogen-bond acceptors (Lipinski definition) is 6. The molecule has 0 saturated carbocycles. The second kappa shape index (κ2) is 124. The van der Waals surface area contributed by atoms with Crippen LogP contribution in [0, 0.1) is 128 Å². The first kappa shape index (κ1) is 147. The molecule has 0 aliphatic heterocycles. The molecule has 12 heteroatoms. The molecule has 0 unspecified atom stereocenters. The Balaban J connectivity index is -0.0000000500. The van der Waals surface area contributed by atoms with E-state index >= 15 is 0 Å². The van der Waals surface area contributed by atoms with Crippen molar-refractivity contribution < 1.29 is 111 Å². The molecule has 0 amide bonds. The SMILES string of the molecule is CC.CC.CC.CC.CC.CC.Cc1ccc(C)nc1.Cc1ccc(C)nc1.Cc1ccc(C)nc1.Cc1ccnc(C)c1.Cc1ccnc(C)c1.Cc1ccnc(C)c1.[CH3-].[CH3-].[CH3-].[CH3-].[CH3-].[CH3-].[V].[V].[V].[V].[V].[V].c1ccccc1.c1ccccc1.c1ccccc1.c1ccccc1.c1ccccc1.c1ccccc1. The Labute approximate surface area is 741 Å². The van der Waals surface area contributed by atoms with Crippen molar-refractivity contribution >= 4 is 0 Å². The minimum Gasteiger partial charge on any atom is -0.358 e. The van der Waals surface area contributed by atoms with Crippen LogP contribution in [0.15, 0.2) is 328 Å². The Hall–Kier alpha value is -6.27. The summed E-state index contributed by atoms with van der Waals surface area (Å²) in [7, 11) is 0. The zero-order valence-corrected chi connectivity index (χ0v) is 80.9. The van der Waals surface area contributed by atoms with Crippen molar-refractivity contribution in [3.63, 3.8) is 0 Å². The first-order valence-corrected chi connectivity index (χ1v) is 34.1. The third-order valence-electron chi connectivity index (χ3n) is 10.3. The molecule has 12 rings (SSSR count). The normalized spacial score (nSPS) is 7.11. The Bertz CT molecular complexity index is 2550. The van der Waals surface area contributed by atoms with Crippen molar-refractivity contribution in [2.75, 3.05) is 0 Å². The van der Waals surface area contributed by atoms with E-state index in [1.165, 1.54) is 33.4 Å². The van der Waals surface area contributed by atoms with Crippen LogP contribution in [0.5, 0.6) is 0 Å². The summed E-state index contributed by atoms with van der Waals surface area (Å²) in [6, 6.07) is 96.3. The molecule has 12 aromatic rings. The van der Waals surface area contributed by atoms with Gasteiger partial charge in [0.1, 0.15) is 0 Å². The predicted molar refractivity (Wildman–Crippen MR) is 467 cm³/mol. The van der Waals surface area contributed by atoms with Crippen LogP contribution in [-0.2, 0) is 111 Å². The van der Waals surface area contributed by atoms with Gasteiger partial charge in [0, 0.05) is 183 Å². The average molecular weight is 1690 g/mol. The number of rotatable bonds is 0. The van der Waals surface area contributed by atoms with E-state index in [-0.39, 0.29) is 156 Å². The molecular weight excluding hydrogens is 1540 g/mol. The van der Waals surface area contributed by atoms with E-state index in [9.17, 15) is 0 Å². The summed E-state index contributed by atoms with van der Waals surface area (Å²) in [5.74, 6) is 0. The summed E-state index contributed by atoms with van der Waals surface area (Å²) < 4.78 is 0. The topological polar surface area (TPSA) is 77.3 Å². The van der Waals surface area contributed by atoms with E-state index in [0.29, 0.717) is 0 Å². The molecule has 0 fully saturated rings. The molecule has 6 nitrogen and oxygen atoms in total. The molecule has 0 N–H and O–H groups in total. The molecular formula is C96H144N6V6-6. The fraction of sp³-hybridized carbons (Fsp3) is 0.250. The average Bonchev–Trinajstić information content (AvgIpc) is 0.994. The summed E-state index contributed by atoms with van der Waals surface area (Å²) in [6.45, 7) is 48.2. The van der Waals surface area contributed by atoms with Gasteiger partial charge in [-0.05, 0) is 171 Å². The van der Waals surface area contributed by atoms with Gasteiger partial charge in [0.2, 0.25) is 0 Å². The number of benzene rings is 6. The summed E-state index contributed by atoms with van der Waals surface area (Å²) >= 11 is 0. The van der Waals surface area contributed by atoms with Crippen LogP contribution in [-0.4, -0.2) is 29.9 Å². The van der Waals surface area contributed by atoms with Gasteiger partial charge in [0.25, 0.3) is 0 Å². The summed E-state index contributed by atoms with van der Waals surface area (Å²) in [5, 5.41) is 0. The summed E-state index contributed by atoms with van der Waals surface area (Å²) in [6.07, 6.45) is 11.1. The van der Waals surface area contributed by atoms with Crippen LogP contribution in [0.2, 0.25) is 0 Å². The molecule has 0 bridgehead atoms. The van der Waals surface area contributed by atoms with Crippen molar-refractivity contribution in [2.24, 2.45) is 0 Å². The number of pyridine rings is 6. The van der Waals surface area contributed by atoms with Gasteiger partial charge in [-0.15, -0.1) is 0 Å². The quantitative estimate of drug-likeness (QED) is 0.141. The van der Waals surface area contributed by atoms with Crippen molar-refractivity contribution in [1.29, 1.82) is 0 Å². The van der Waals surface area contributed by atoms with Crippen LogP contribution < -0.4 is 0 Å². The standard InChI is InChI=1S/6C7H9N.6C6H6.6C2H6.6CH3.6V/c3*1-6-3-4-8-7(2)5-6;3*1-6-3-4-7(2)8-5-6;6*1-2-4-6-5-3-1;6*1-2;;;;;;;;;;;;/h6*3-5H,1-2H3;6*1-6H;6*1-2H3;6*1H3;;;;;;/q;;;;;;;;;;;;;;;;;;6*-1;;;;;;.